The second-order valence-electron chi connectivity index (χ2n) is 4.16. The van der Waals surface area contributed by atoms with Gasteiger partial charge in [-0.1, -0.05) is 0 Å². The molecule has 8 nitrogen and oxygen atoms in total. The van der Waals surface area contributed by atoms with Gasteiger partial charge in [0.25, 0.3) is 0 Å². The van der Waals surface area contributed by atoms with E-state index in [1.165, 1.54) is 12.3 Å². The number of ether oxygens (including phenoxy) is 1. The zero-order chi connectivity index (χ0) is 13.3. The van der Waals surface area contributed by atoms with Crippen LogP contribution in [0.15, 0.2) is 17.1 Å². The molecule has 2 heterocycles. The van der Waals surface area contributed by atoms with Gasteiger partial charge in [0.1, 0.15) is 18.0 Å². The van der Waals surface area contributed by atoms with E-state index in [1.54, 1.807) is 0 Å². The molecule has 4 atom stereocenters. The Kier molecular flexibility index (Phi) is 3.62. The molecule has 0 amide bonds. The van der Waals surface area contributed by atoms with Crippen molar-refractivity contribution in [2.75, 3.05) is 12.3 Å². The van der Waals surface area contributed by atoms with Gasteiger partial charge in [0, 0.05) is 12.6 Å². The number of rotatable bonds is 2. The molecule has 0 radical (unpaired) electrons. The summed E-state index contributed by atoms with van der Waals surface area (Å²) in [6.45, 7) is -0.401. The number of anilines is 1. The molecule has 0 saturated carbocycles. The Bertz CT molecular complexity index is 477. The Labute approximate surface area is 102 Å². The summed E-state index contributed by atoms with van der Waals surface area (Å²) < 4.78 is 6.38. The van der Waals surface area contributed by atoms with Gasteiger partial charge in [-0.25, -0.2) is 4.79 Å². The SMILES string of the molecule is Nc1ccn([C@@H]2O[C@H](CO)[C@H](O)CC2O)c(=O)n1. The minimum absolute atomic E-state index is 0.00666. The van der Waals surface area contributed by atoms with E-state index in [2.05, 4.69) is 4.98 Å². The van der Waals surface area contributed by atoms with Crippen molar-refractivity contribution >= 4 is 5.82 Å². The largest absolute Gasteiger partial charge is 0.394 e. The summed E-state index contributed by atoms with van der Waals surface area (Å²) in [5.74, 6) is 0.0697. The average molecular weight is 257 g/mol. The molecule has 0 spiro atoms. The van der Waals surface area contributed by atoms with Gasteiger partial charge in [0.15, 0.2) is 6.23 Å². The van der Waals surface area contributed by atoms with Gasteiger partial charge in [-0.2, -0.15) is 4.98 Å². The molecule has 2 rings (SSSR count). The van der Waals surface area contributed by atoms with Crippen LogP contribution in [0.25, 0.3) is 0 Å². The Hall–Kier alpha value is -1.48. The first-order valence-corrected chi connectivity index (χ1v) is 5.50. The van der Waals surface area contributed by atoms with Gasteiger partial charge >= 0.3 is 5.69 Å². The van der Waals surface area contributed by atoms with Crippen molar-refractivity contribution in [1.82, 2.24) is 9.55 Å². The van der Waals surface area contributed by atoms with Crippen LogP contribution in [0.5, 0.6) is 0 Å². The van der Waals surface area contributed by atoms with Crippen LogP contribution in [0.4, 0.5) is 5.82 Å². The van der Waals surface area contributed by atoms with E-state index in [0.29, 0.717) is 0 Å². The van der Waals surface area contributed by atoms with E-state index < -0.39 is 36.8 Å². The minimum Gasteiger partial charge on any atom is -0.394 e. The van der Waals surface area contributed by atoms with Gasteiger partial charge < -0.3 is 25.8 Å². The van der Waals surface area contributed by atoms with E-state index in [1.807, 2.05) is 0 Å². The van der Waals surface area contributed by atoms with Gasteiger partial charge in [-0.3, -0.25) is 4.57 Å². The van der Waals surface area contributed by atoms with Crippen molar-refractivity contribution in [2.24, 2.45) is 0 Å². The van der Waals surface area contributed by atoms with Crippen LogP contribution in [0.2, 0.25) is 0 Å². The van der Waals surface area contributed by atoms with Crippen LogP contribution in [-0.2, 0) is 4.74 Å². The average Bonchev–Trinajstić information content (AvgIpc) is 2.30. The van der Waals surface area contributed by atoms with E-state index in [9.17, 15) is 15.0 Å². The lowest BCUT2D eigenvalue weighted by atomic mass is 10.0. The Morgan fingerprint density at radius 3 is 2.83 bits per heavy atom. The molecule has 0 aliphatic carbocycles. The first-order valence-electron chi connectivity index (χ1n) is 5.50. The molecule has 8 heteroatoms. The molecule has 1 aliphatic rings. The van der Waals surface area contributed by atoms with Gasteiger partial charge in [0.05, 0.1) is 12.7 Å². The van der Waals surface area contributed by atoms with Crippen molar-refractivity contribution in [2.45, 2.75) is 31.0 Å². The second kappa shape index (κ2) is 5.02. The van der Waals surface area contributed by atoms with Crippen LogP contribution >= 0.6 is 0 Å². The first-order chi connectivity index (χ1) is 8.52. The zero-order valence-corrected chi connectivity index (χ0v) is 9.51. The maximum atomic E-state index is 11.6. The highest BCUT2D eigenvalue weighted by molar-refractivity contribution is 5.23. The van der Waals surface area contributed by atoms with Crippen LogP contribution in [-0.4, -0.2) is 49.8 Å². The molecule has 18 heavy (non-hydrogen) atoms. The van der Waals surface area contributed by atoms with Gasteiger partial charge in [-0.05, 0) is 6.07 Å². The van der Waals surface area contributed by atoms with Crippen molar-refractivity contribution in [1.29, 1.82) is 0 Å². The molecular weight excluding hydrogens is 242 g/mol. The van der Waals surface area contributed by atoms with Crippen molar-refractivity contribution in [3.8, 4) is 0 Å². The molecule has 1 saturated heterocycles. The maximum Gasteiger partial charge on any atom is 0.351 e. The first kappa shape index (κ1) is 13.0. The highest BCUT2D eigenvalue weighted by Gasteiger charge is 2.37. The van der Waals surface area contributed by atoms with E-state index >= 15 is 0 Å². The number of nitrogens with two attached hydrogens (primary N) is 1. The summed E-state index contributed by atoms with van der Waals surface area (Å²) in [5.41, 5.74) is 4.70. The van der Waals surface area contributed by atoms with E-state index in [0.717, 1.165) is 4.57 Å². The molecule has 1 aliphatic heterocycles. The lowest BCUT2D eigenvalue weighted by Gasteiger charge is -2.36. The third kappa shape index (κ3) is 2.36. The number of aromatic nitrogens is 2. The lowest BCUT2D eigenvalue weighted by molar-refractivity contribution is -0.207. The molecule has 100 valence electrons. The smallest absolute Gasteiger partial charge is 0.351 e. The highest BCUT2D eigenvalue weighted by atomic mass is 16.5. The zero-order valence-electron chi connectivity index (χ0n) is 9.51. The Balaban J connectivity index is 2.29. The Morgan fingerprint density at radius 2 is 2.22 bits per heavy atom. The molecule has 0 bridgehead atoms. The molecule has 5 N–H and O–H groups in total. The fourth-order valence-corrected chi connectivity index (χ4v) is 1.91. The fourth-order valence-electron chi connectivity index (χ4n) is 1.91. The fraction of sp³-hybridized carbons (Fsp3) is 0.600. The molecule has 1 aromatic rings. The Morgan fingerprint density at radius 1 is 1.50 bits per heavy atom. The lowest BCUT2D eigenvalue weighted by Crippen LogP contribution is -2.48. The van der Waals surface area contributed by atoms with Crippen LogP contribution in [0.3, 0.4) is 0 Å². The molecule has 0 aromatic carbocycles. The minimum atomic E-state index is -1.06. The number of nitrogen functional groups attached to an aromatic ring is 1. The topological polar surface area (TPSA) is 131 Å². The summed E-state index contributed by atoms with van der Waals surface area (Å²) in [7, 11) is 0. The maximum absolute atomic E-state index is 11.6. The standard InChI is InChI=1S/C10H15N3O5/c11-8-1-2-13(10(17)12-8)9-6(16)3-5(15)7(4-14)18-9/h1-2,5-7,9,14-16H,3-4H2,(H2,11,12,17)/t5-,6?,7-,9-/m1/s1. The summed E-state index contributed by atoms with van der Waals surface area (Å²) in [6.07, 6.45) is -2.52. The number of hydrogen-bond donors (Lipinski definition) is 4. The molecule has 1 unspecified atom stereocenters. The van der Waals surface area contributed by atoms with Crippen LogP contribution in [0.1, 0.15) is 12.6 Å². The highest BCUT2D eigenvalue weighted by Crippen LogP contribution is 2.26. The quantitative estimate of drug-likeness (QED) is 0.474. The van der Waals surface area contributed by atoms with Crippen LogP contribution < -0.4 is 11.4 Å². The van der Waals surface area contributed by atoms with E-state index in [4.69, 9.17) is 15.6 Å². The van der Waals surface area contributed by atoms with Gasteiger partial charge in [0.2, 0.25) is 0 Å². The summed E-state index contributed by atoms with van der Waals surface area (Å²) >= 11 is 0. The second-order valence-corrected chi connectivity index (χ2v) is 4.16. The van der Waals surface area contributed by atoms with Crippen LogP contribution in [0, 0.1) is 0 Å². The molecule has 1 fully saturated rings. The van der Waals surface area contributed by atoms with Crippen molar-refractivity contribution in [3.63, 3.8) is 0 Å². The number of nitrogens with zero attached hydrogens (tertiary/aromatic N) is 2. The molecular formula is C10H15N3O5. The monoisotopic (exact) mass is 257 g/mol. The molecule has 1 aromatic heterocycles. The van der Waals surface area contributed by atoms with Gasteiger partial charge in [-0.15, -0.1) is 0 Å². The third-order valence-corrected chi connectivity index (χ3v) is 2.86. The predicted octanol–water partition coefficient (Wildman–Crippen LogP) is -2.17. The van der Waals surface area contributed by atoms with E-state index in [-0.39, 0.29) is 12.2 Å². The normalized spacial score (nSPS) is 32.4. The third-order valence-electron chi connectivity index (χ3n) is 2.86. The summed E-state index contributed by atoms with van der Waals surface area (Å²) in [4.78, 5) is 15.1. The summed E-state index contributed by atoms with van der Waals surface area (Å²) in [6, 6.07) is 1.40. The summed E-state index contributed by atoms with van der Waals surface area (Å²) in [5, 5.41) is 28.4. The number of aliphatic hydroxyl groups is 3. The van der Waals surface area contributed by atoms with Crippen molar-refractivity contribution < 1.29 is 20.1 Å². The van der Waals surface area contributed by atoms with Crippen molar-refractivity contribution in [3.05, 3.63) is 22.7 Å². The predicted molar refractivity (Wildman–Crippen MR) is 60.5 cm³/mol. The number of aliphatic hydroxyl groups excluding tert-OH is 3. The number of hydrogen-bond acceptors (Lipinski definition) is 7.